The second-order valence-corrected chi connectivity index (χ2v) is 4.58. The lowest BCUT2D eigenvalue weighted by Crippen LogP contribution is -1.99. The van der Waals surface area contributed by atoms with Gasteiger partial charge in [-0.15, -0.1) is 0 Å². The molecule has 3 heteroatoms. The fraction of sp³-hybridized carbons (Fsp3) is 0.125. The number of hydrogen-bond acceptors (Lipinski definition) is 3. The molecule has 0 atom stereocenters. The molecule has 0 aliphatic rings. The van der Waals surface area contributed by atoms with Gasteiger partial charge in [0.15, 0.2) is 0 Å². The highest BCUT2D eigenvalue weighted by Crippen LogP contribution is 2.25. The number of hydrogen-bond donors (Lipinski definition) is 1. The largest absolute Gasteiger partial charge is 0.339 e. The molecule has 1 aromatic heterocycles. The molecule has 0 saturated heterocycles. The molecule has 1 heterocycles. The topological polar surface area (TPSA) is 37.8 Å². The predicted molar refractivity (Wildman–Crippen MR) is 78.7 cm³/mol. The lowest BCUT2D eigenvalue weighted by Gasteiger charge is -2.11. The first kappa shape index (κ1) is 11.7. The van der Waals surface area contributed by atoms with Gasteiger partial charge in [0.1, 0.15) is 11.6 Å². The molecule has 0 aliphatic heterocycles. The first-order chi connectivity index (χ1) is 9.24. The smallest absolute Gasteiger partial charge is 0.142 e. The van der Waals surface area contributed by atoms with Crippen molar-refractivity contribution >= 4 is 22.4 Å². The number of rotatable bonds is 2. The number of aryl methyl sites for hydroxylation is 2. The molecular formula is C16H15N3. The van der Waals surface area contributed by atoms with Gasteiger partial charge in [-0.25, -0.2) is 9.97 Å². The maximum atomic E-state index is 4.52. The van der Waals surface area contributed by atoms with Gasteiger partial charge in [0.2, 0.25) is 0 Å². The Bertz CT molecular complexity index is 735. The average molecular weight is 249 g/mol. The summed E-state index contributed by atoms with van der Waals surface area (Å²) in [5.74, 6) is 1.63. The second kappa shape index (κ2) is 4.69. The highest BCUT2D eigenvalue weighted by atomic mass is 15.0. The van der Waals surface area contributed by atoms with Gasteiger partial charge in [-0.05, 0) is 37.6 Å². The highest BCUT2D eigenvalue weighted by molar-refractivity contribution is 5.90. The number of anilines is 2. The zero-order valence-electron chi connectivity index (χ0n) is 11.0. The fourth-order valence-corrected chi connectivity index (χ4v) is 2.13. The van der Waals surface area contributed by atoms with Crippen molar-refractivity contribution in [2.24, 2.45) is 0 Å². The van der Waals surface area contributed by atoms with Gasteiger partial charge in [0.05, 0.1) is 5.52 Å². The molecule has 94 valence electrons. The molecule has 19 heavy (non-hydrogen) atoms. The van der Waals surface area contributed by atoms with E-state index in [9.17, 15) is 0 Å². The van der Waals surface area contributed by atoms with Crippen molar-refractivity contribution in [1.29, 1.82) is 0 Å². The minimum Gasteiger partial charge on any atom is -0.339 e. The molecular weight excluding hydrogens is 234 g/mol. The Kier molecular flexibility index (Phi) is 2.88. The Balaban J connectivity index is 2.13. The van der Waals surface area contributed by atoms with Crippen LogP contribution in [-0.4, -0.2) is 9.97 Å². The Labute approximate surface area is 112 Å². The average Bonchev–Trinajstić information content (AvgIpc) is 2.41. The lowest BCUT2D eigenvalue weighted by atomic mass is 10.2. The Morgan fingerprint density at radius 1 is 0.842 bits per heavy atom. The van der Waals surface area contributed by atoms with Gasteiger partial charge in [-0.1, -0.05) is 30.3 Å². The van der Waals surface area contributed by atoms with Crippen LogP contribution in [0.15, 0.2) is 48.5 Å². The summed E-state index contributed by atoms with van der Waals surface area (Å²) in [6, 6.07) is 16.2. The molecule has 0 spiro atoms. The fourth-order valence-electron chi connectivity index (χ4n) is 2.13. The van der Waals surface area contributed by atoms with Crippen LogP contribution in [-0.2, 0) is 0 Å². The van der Waals surface area contributed by atoms with Crippen molar-refractivity contribution in [1.82, 2.24) is 9.97 Å². The zero-order chi connectivity index (χ0) is 13.2. The molecule has 0 saturated carbocycles. The summed E-state index contributed by atoms with van der Waals surface area (Å²) in [4.78, 5) is 8.96. The summed E-state index contributed by atoms with van der Waals surface area (Å²) in [6.07, 6.45) is 0. The van der Waals surface area contributed by atoms with Gasteiger partial charge in [-0.3, -0.25) is 0 Å². The molecule has 0 amide bonds. The Hall–Kier alpha value is -2.42. The van der Waals surface area contributed by atoms with E-state index < -0.39 is 0 Å². The van der Waals surface area contributed by atoms with Crippen LogP contribution in [0.4, 0.5) is 11.5 Å². The van der Waals surface area contributed by atoms with Gasteiger partial charge in [0.25, 0.3) is 0 Å². The summed E-state index contributed by atoms with van der Waals surface area (Å²) in [6.45, 7) is 3.99. The van der Waals surface area contributed by atoms with E-state index in [-0.39, 0.29) is 0 Å². The van der Waals surface area contributed by atoms with Crippen LogP contribution in [0.1, 0.15) is 11.4 Å². The van der Waals surface area contributed by atoms with Crippen LogP contribution in [0.5, 0.6) is 0 Å². The van der Waals surface area contributed by atoms with Crippen LogP contribution in [0.25, 0.3) is 10.9 Å². The van der Waals surface area contributed by atoms with E-state index in [2.05, 4.69) is 34.3 Å². The van der Waals surface area contributed by atoms with Crippen molar-refractivity contribution in [2.45, 2.75) is 13.8 Å². The lowest BCUT2D eigenvalue weighted by molar-refractivity contribution is 1.09. The second-order valence-electron chi connectivity index (χ2n) is 4.58. The van der Waals surface area contributed by atoms with Gasteiger partial charge in [0, 0.05) is 11.1 Å². The van der Waals surface area contributed by atoms with Crippen LogP contribution >= 0.6 is 0 Å². The number of fused-ring (bicyclic) bond motifs is 1. The summed E-state index contributed by atoms with van der Waals surface area (Å²) < 4.78 is 0. The minimum atomic E-state index is 0.773. The van der Waals surface area contributed by atoms with Gasteiger partial charge in [-0.2, -0.15) is 0 Å². The predicted octanol–water partition coefficient (Wildman–Crippen LogP) is 3.99. The molecule has 0 fully saturated rings. The molecule has 0 unspecified atom stereocenters. The van der Waals surface area contributed by atoms with Crippen LogP contribution in [0, 0.1) is 13.8 Å². The standard InChI is InChI=1S/C16H15N3/c1-11-7-3-5-9-14(11)19-16-13-8-4-6-10-15(13)17-12(2)18-16/h3-10H,1-2H3,(H,17,18,19). The maximum absolute atomic E-state index is 4.52. The van der Waals surface area contributed by atoms with E-state index in [1.165, 1.54) is 5.56 Å². The van der Waals surface area contributed by atoms with E-state index in [0.29, 0.717) is 0 Å². The molecule has 0 aliphatic carbocycles. The molecule has 3 aromatic rings. The van der Waals surface area contributed by atoms with E-state index in [0.717, 1.165) is 28.2 Å². The molecule has 3 rings (SSSR count). The highest BCUT2D eigenvalue weighted by Gasteiger charge is 2.06. The van der Waals surface area contributed by atoms with Crippen molar-refractivity contribution in [2.75, 3.05) is 5.32 Å². The third kappa shape index (κ3) is 2.27. The van der Waals surface area contributed by atoms with E-state index >= 15 is 0 Å². The molecule has 0 radical (unpaired) electrons. The van der Waals surface area contributed by atoms with Crippen molar-refractivity contribution < 1.29 is 0 Å². The molecule has 2 aromatic carbocycles. The Morgan fingerprint density at radius 3 is 2.42 bits per heavy atom. The third-order valence-electron chi connectivity index (χ3n) is 3.11. The van der Waals surface area contributed by atoms with Gasteiger partial charge >= 0.3 is 0 Å². The van der Waals surface area contributed by atoms with Crippen LogP contribution in [0.3, 0.4) is 0 Å². The third-order valence-corrected chi connectivity index (χ3v) is 3.11. The number of para-hydroxylation sites is 2. The van der Waals surface area contributed by atoms with Crippen LogP contribution in [0.2, 0.25) is 0 Å². The SMILES string of the molecule is Cc1nc(Nc2ccccc2C)c2ccccc2n1. The minimum absolute atomic E-state index is 0.773. The number of aromatic nitrogens is 2. The van der Waals surface area contributed by atoms with Crippen molar-refractivity contribution in [3.05, 3.63) is 59.9 Å². The first-order valence-corrected chi connectivity index (χ1v) is 6.30. The maximum Gasteiger partial charge on any atom is 0.142 e. The van der Waals surface area contributed by atoms with E-state index in [4.69, 9.17) is 0 Å². The van der Waals surface area contributed by atoms with Crippen LogP contribution < -0.4 is 5.32 Å². The molecule has 0 bridgehead atoms. The quantitative estimate of drug-likeness (QED) is 0.746. The number of nitrogens with one attached hydrogen (secondary N) is 1. The molecule has 1 N–H and O–H groups in total. The normalized spacial score (nSPS) is 10.6. The van der Waals surface area contributed by atoms with E-state index in [1.807, 2.05) is 43.3 Å². The van der Waals surface area contributed by atoms with E-state index in [1.54, 1.807) is 0 Å². The molecule has 3 nitrogen and oxygen atoms in total. The monoisotopic (exact) mass is 249 g/mol. The van der Waals surface area contributed by atoms with Crippen molar-refractivity contribution in [3.8, 4) is 0 Å². The number of nitrogens with zero attached hydrogens (tertiary/aromatic N) is 2. The van der Waals surface area contributed by atoms with Gasteiger partial charge < -0.3 is 5.32 Å². The first-order valence-electron chi connectivity index (χ1n) is 6.30. The summed E-state index contributed by atoms with van der Waals surface area (Å²) in [7, 11) is 0. The summed E-state index contributed by atoms with van der Waals surface area (Å²) >= 11 is 0. The Morgan fingerprint density at radius 2 is 1.58 bits per heavy atom. The van der Waals surface area contributed by atoms with Crippen molar-refractivity contribution in [3.63, 3.8) is 0 Å². The summed E-state index contributed by atoms with van der Waals surface area (Å²) in [5, 5.41) is 4.44. The summed E-state index contributed by atoms with van der Waals surface area (Å²) in [5.41, 5.74) is 3.24. The number of benzene rings is 2. The zero-order valence-corrected chi connectivity index (χ0v) is 11.0.